The molecule has 5 nitrogen and oxygen atoms in total. The quantitative estimate of drug-likeness (QED) is 0.294. The van der Waals surface area contributed by atoms with E-state index >= 15 is 0 Å². The average Bonchev–Trinajstić information content (AvgIpc) is 2.70. The molecule has 0 saturated carbocycles. The van der Waals surface area contributed by atoms with Crippen LogP contribution in [0.4, 0.5) is 5.69 Å². The lowest BCUT2D eigenvalue weighted by molar-refractivity contribution is -0.112. The summed E-state index contributed by atoms with van der Waals surface area (Å²) in [6.45, 7) is 5.02. The van der Waals surface area contributed by atoms with Crippen molar-refractivity contribution in [3.63, 3.8) is 0 Å². The van der Waals surface area contributed by atoms with Gasteiger partial charge in [-0.1, -0.05) is 48.7 Å². The summed E-state index contributed by atoms with van der Waals surface area (Å²) < 4.78 is 11.4. The summed E-state index contributed by atoms with van der Waals surface area (Å²) in [6, 6.07) is 12.0. The summed E-state index contributed by atoms with van der Waals surface area (Å²) in [5.41, 5.74) is 0.799. The molecule has 0 saturated heterocycles. The molecular weight excluding hydrogens is 411 g/mol. The van der Waals surface area contributed by atoms with Crippen molar-refractivity contribution in [3.8, 4) is 17.6 Å². The number of nitrogens with one attached hydrogen (secondary N) is 1. The Hall–Kier alpha value is -2.68. The number of carbonyl (C=O) groups is 1. The number of unbranched alkanes of at least 4 members (excludes halogenated alkanes) is 1. The molecule has 0 aliphatic rings. The van der Waals surface area contributed by atoms with E-state index in [0.717, 1.165) is 12.8 Å². The average molecular weight is 433 g/mol. The molecule has 0 fully saturated rings. The van der Waals surface area contributed by atoms with Crippen LogP contribution in [0.5, 0.6) is 11.5 Å². The zero-order valence-electron chi connectivity index (χ0n) is 16.3. The van der Waals surface area contributed by atoms with E-state index in [2.05, 4.69) is 12.2 Å². The van der Waals surface area contributed by atoms with Crippen LogP contribution in [0, 0.1) is 11.3 Å². The summed E-state index contributed by atoms with van der Waals surface area (Å²) in [4.78, 5) is 12.5. The molecule has 0 unspecified atom stereocenters. The summed E-state index contributed by atoms with van der Waals surface area (Å²) in [5.74, 6) is 0.580. The summed E-state index contributed by atoms with van der Waals surface area (Å²) in [5, 5.41) is 12.6. The Morgan fingerprint density at radius 1 is 1.14 bits per heavy atom. The predicted octanol–water partition coefficient (Wildman–Crippen LogP) is 6.12. The number of nitrogens with zero attached hydrogens (tertiary/aromatic N) is 1. The van der Waals surface area contributed by atoms with Crippen LogP contribution in [-0.4, -0.2) is 19.1 Å². The van der Waals surface area contributed by atoms with Gasteiger partial charge in [-0.3, -0.25) is 4.79 Å². The Balaban J connectivity index is 2.26. The van der Waals surface area contributed by atoms with E-state index in [1.165, 1.54) is 6.08 Å². The van der Waals surface area contributed by atoms with E-state index < -0.39 is 5.91 Å². The van der Waals surface area contributed by atoms with Crippen LogP contribution in [0.25, 0.3) is 6.08 Å². The first kappa shape index (κ1) is 22.6. The van der Waals surface area contributed by atoms with Crippen LogP contribution in [0.1, 0.15) is 32.3 Å². The number of anilines is 1. The molecule has 152 valence electrons. The number of rotatable bonds is 9. The van der Waals surface area contributed by atoms with Gasteiger partial charge >= 0.3 is 0 Å². The van der Waals surface area contributed by atoms with E-state index in [1.807, 2.05) is 13.0 Å². The topological polar surface area (TPSA) is 71.3 Å². The second kappa shape index (κ2) is 11.4. The summed E-state index contributed by atoms with van der Waals surface area (Å²) >= 11 is 12.1. The van der Waals surface area contributed by atoms with Crippen molar-refractivity contribution in [2.75, 3.05) is 18.5 Å². The first-order valence-electron chi connectivity index (χ1n) is 9.26. The zero-order valence-corrected chi connectivity index (χ0v) is 17.8. The lowest BCUT2D eigenvalue weighted by Crippen LogP contribution is -2.14. The molecule has 0 aromatic heterocycles. The molecule has 0 radical (unpaired) electrons. The van der Waals surface area contributed by atoms with Crippen molar-refractivity contribution in [1.29, 1.82) is 5.26 Å². The third-order valence-corrected chi connectivity index (χ3v) is 4.53. The van der Waals surface area contributed by atoms with Gasteiger partial charge in [-0.05, 0) is 49.2 Å². The summed E-state index contributed by atoms with van der Waals surface area (Å²) in [7, 11) is 0. The fraction of sp³-hybridized carbons (Fsp3) is 0.273. The fourth-order valence-electron chi connectivity index (χ4n) is 2.44. The molecule has 1 N–H and O–H groups in total. The zero-order chi connectivity index (χ0) is 21.2. The molecule has 2 aromatic rings. The molecule has 1 amide bonds. The third-order valence-electron chi connectivity index (χ3n) is 3.90. The van der Waals surface area contributed by atoms with Crippen molar-refractivity contribution in [3.05, 3.63) is 57.6 Å². The first-order chi connectivity index (χ1) is 14.0. The van der Waals surface area contributed by atoms with Crippen molar-refractivity contribution in [2.24, 2.45) is 0 Å². The smallest absolute Gasteiger partial charge is 0.266 e. The van der Waals surface area contributed by atoms with Gasteiger partial charge in [0.05, 0.1) is 28.9 Å². The number of nitriles is 1. The number of hydrogen-bond donors (Lipinski definition) is 1. The Labute approximate surface area is 180 Å². The maximum atomic E-state index is 12.5. The number of benzene rings is 2. The minimum atomic E-state index is -0.608. The second-order valence-electron chi connectivity index (χ2n) is 6.06. The maximum absolute atomic E-state index is 12.5. The highest BCUT2D eigenvalue weighted by atomic mass is 35.5. The molecule has 0 heterocycles. The van der Waals surface area contributed by atoms with Gasteiger partial charge in [-0.15, -0.1) is 0 Å². The fourth-order valence-corrected chi connectivity index (χ4v) is 2.93. The van der Waals surface area contributed by atoms with Crippen molar-refractivity contribution in [1.82, 2.24) is 0 Å². The van der Waals surface area contributed by atoms with Crippen LogP contribution in [0.2, 0.25) is 10.0 Å². The lowest BCUT2D eigenvalue weighted by atomic mass is 10.1. The van der Waals surface area contributed by atoms with Crippen LogP contribution < -0.4 is 14.8 Å². The normalized spacial score (nSPS) is 10.9. The van der Waals surface area contributed by atoms with Gasteiger partial charge < -0.3 is 14.8 Å². The number of ether oxygens (including phenoxy) is 2. The largest absolute Gasteiger partial charge is 0.490 e. The highest BCUT2D eigenvalue weighted by Crippen LogP contribution is 2.31. The molecule has 0 bridgehead atoms. The van der Waals surface area contributed by atoms with Gasteiger partial charge in [0.15, 0.2) is 11.5 Å². The van der Waals surface area contributed by atoms with Gasteiger partial charge in [-0.25, -0.2) is 0 Å². The van der Waals surface area contributed by atoms with Gasteiger partial charge in [0, 0.05) is 0 Å². The predicted molar refractivity (Wildman–Crippen MR) is 117 cm³/mol. The highest BCUT2D eigenvalue weighted by molar-refractivity contribution is 6.40. The first-order valence-corrected chi connectivity index (χ1v) is 10.0. The summed E-state index contributed by atoms with van der Waals surface area (Å²) in [6.07, 6.45) is 3.44. The minimum Gasteiger partial charge on any atom is -0.490 e. The Morgan fingerprint density at radius 3 is 2.48 bits per heavy atom. The standard InChI is InChI=1S/C22H22Cl2N2O3/c1-3-5-11-29-19-10-9-15(13-20(19)28-4-2)12-16(14-25)22(27)26-21-17(23)7-6-8-18(21)24/h6-10,12-13H,3-5,11H2,1-2H3,(H,26,27)/b16-12+. The van der Waals surface area contributed by atoms with Gasteiger partial charge in [0.25, 0.3) is 5.91 Å². The van der Waals surface area contributed by atoms with Gasteiger partial charge in [0.2, 0.25) is 0 Å². The number of amides is 1. The third kappa shape index (κ3) is 6.42. The van der Waals surface area contributed by atoms with E-state index in [0.29, 0.717) is 30.3 Å². The van der Waals surface area contributed by atoms with E-state index in [4.69, 9.17) is 32.7 Å². The van der Waals surface area contributed by atoms with E-state index in [1.54, 1.807) is 36.4 Å². The van der Waals surface area contributed by atoms with Crippen LogP contribution >= 0.6 is 23.2 Å². The SMILES string of the molecule is CCCCOc1ccc(/C=C(\C#N)C(=O)Nc2c(Cl)cccc2Cl)cc1OCC. The van der Waals surface area contributed by atoms with Crippen LogP contribution in [0.15, 0.2) is 42.0 Å². The molecular formula is C22H22Cl2N2O3. The molecule has 0 atom stereocenters. The molecule has 7 heteroatoms. The van der Waals surface area contributed by atoms with E-state index in [-0.39, 0.29) is 21.3 Å². The van der Waals surface area contributed by atoms with Crippen LogP contribution in [-0.2, 0) is 4.79 Å². The van der Waals surface area contributed by atoms with Gasteiger partial charge in [-0.2, -0.15) is 5.26 Å². The number of hydrogen-bond acceptors (Lipinski definition) is 4. The molecule has 2 aromatic carbocycles. The van der Waals surface area contributed by atoms with Gasteiger partial charge in [0.1, 0.15) is 11.6 Å². The number of para-hydroxylation sites is 1. The van der Waals surface area contributed by atoms with Crippen molar-refractivity contribution < 1.29 is 14.3 Å². The molecule has 0 aliphatic heterocycles. The molecule has 0 aliphatic carbocycles. The second-order valence-corrected chi connectivity index (χ2v) is 6.88. The van der Waals surface area contributed by atoms with Crippen molar-refractivity contribution in [2.45, 2.75) is 26.7 Å². The molecule has 0 spiro atoms. The lowest BCUT2D eigenvalue weighted by Gasteiger charge is -2.12. The molecule has 2 rings (SSSR count). The number of carbonyl (C=O) groups excluding carboxylic acids is 1. The highest BCUT2D eigenvalue weighted by Gasteiger charge is 2.14. The Bertz CT molecular complexity index is 916. The Morgan fingerprint density at radius 2 is 1.86 bits per heavy atom. The Kier molecular flexibility index (Phi) is 8.85. The van der Waals surface area contributed by atoms with E-state index in [9.17, 15) is 10.1 Å². The van der Waals surface area contributed by atoms with Crippen LogP contribution in [0.3, 0.4) is 0 Å². The van der Waals surface area contributed by atoms with Crippen molar-refractivity contribution >= 4 is 40.9 Å². The monoisotopic (exact) mass is 432 g/mol. The maximum Gasteiger partial charge on any atom is 0.266 e. The molecule has 29 heavy (non-hydrogen) atoms. The number of halogens is 2. The minimum absolute atomic E-state index is 0.0944.